The average molecular weight is 413 g/mol. The normalized spacial score (nSPS) is 21.9. The molecule has 0 amide bonds. The maximum Gasteiger partial charge on any atom is 0.136 e. The summed E-state index contributed by atoms with van der Waals surface area (Å²) in [4.78, 5) is 12.7. The van der Waals surface area contributed by atoms with Crippen LogP contribution in [0.4, 0.5) is 5.82 Å². The molecule has 1 fully saturated rings. The number of hydrogen-bond acceptors (Lipinski definition) is 6. The molecular weight excluding hydrogens is 376 g/mol. The molecule has 1 saturated heterocycles. The lowest BCUT2D eigenvalue weighted by atomic mass is 9.77. The van der Waals surface area contributed by atoms with Gasteiger partial charge in [0.25, 0.3) is 0 Å². The second-order valence-electron chi connectivity index (χ2n) is 10.1. The van der Waals surface area contributed by atoms with Gasteiger partial charge >= 0.3 is 0 Å². The number of likely N-dealkylation sites (tertiary alicyclic amines) is 1. The Morgan fingerprint density at radius 2 is 2.10 bits per heavy atom. The van der Waals surface area contributed by atoms with Crippen molar-refractivity contribution in [3.63, 3.8) is 0 Å². The SMILES string of the molecule is Cc1cc(CN2CCCC3(CCc4c(NCCCO)nc(C(C)(C)C)nc43)C2)n[nH]1. The lowest BCUT2D eigenvalue weighted by molar-refractivity contribution is 0.135. The topological polar surface area (TPSA) is 90.0 Å². The van der Waals surface area contributed by atoms with Crippen molar-refractivity contribution >= 4 is 5.82 Å². The molecule has 4 rings (SSSR count). The van der Waals surface area contributed by atoms with E-state index in [0.29, 0.717) is 0 Å². The highest BCUT2D eigenvalue weighted by Crippen LogP contribution is 2.46. The molecule has 2 aliphatic rings. The first-order chi connectivity index (χ1) is 14.3. The fourth-order valence-electron chi connectivity index (χ4n) is 4.95. The number of nitrogens with zero attached hydrogens (tertiary/aromatic N) is 4. The number of hydrogen-bond donors (Lipinski definition) is 3. The molecule has 1 atom stereocenters. The number of anilines is 1. The van der Waals surface area contributed by atoms with Gasteiger partial charge in [-0.25, -0.2) is 9.97 Å². The van der Waals surface area contributed by atoms with Gasteiger partial charge in [-0.2, -0.15) is 5.10 Å². The van der Waals surface area contributed by atoms with E-state index in [1.165, 1.54) is 24.1 Å². The molecule has 1 spiro atoms. The lowest BCUT2D eigenvalue weighted by Gasteiger charge is -2.40. The van der Waals surface area contributed by atoms with Crippen LogP contribution in [-0.2, 0) is 23.8 Å². The van der Waals surface area contributed by atoms with E-state index in [4.69, 9.17) is 9.97 Å². The summed E-state index contributed by atoms with van der Waals surface area (Å²) < 4.78 is 0. The number of H-pyrrole nitrogens is 1. The van der Waals surface area contributed by atoms with E-state index >= 15 is 0 Å². The van der Waals surface area contributed by atoms with Crippen LogP contribution in [0.5, 0.6) is 0 Å². The van der Waals surface area contributed by atoms with Crippen molar-refractivity contribution in [2.75, 3.05) is 31.6 Å². The van der Waals surface area contributed by atoms with Crippen LogP contribution in [0.2, 0.25) is 0 Å². The zero-order valence-electron chi connectivity index (χ0n) is 18.9. The summed E-state index contributed by atoms with van der Waals surface area (Å²) in [6.45, 7) is 12.6. The van der Waals surface area contributed by atoms with E-state index in [9.17, 15) is 5.11 Å². The first kappa shape index (κ1) is 21.2. The van der Waals surface area contributed by atoms with Gasteiger partial charge in [0, 0.05) is 48.3 Å². The molecule has 1 unspecified atom stereocenters. The van der Waals surface area contributed by atoms with E-state index in [1.807, 2.05) is 0 Å². The molecule has 164 valence electrons. The maximum atomic E-state index is 9.19. The van der Waals surface area contributed by atoms with Crippen molar-refractivity contribution in [2.24, 2.45) is 0 Å². The van der Waals surface area contributed by atoms with Crippen molar-refractivity contribution in [3.8, 4) is 0 Å². The summed E-state index contributed by atoms with van der Waals surface area (Å²) in [7, 11) is 0. The van der Waals surface area contributed by atoms with Crippen LogP contribution in [-0.4, -0.2) is 56.4 Å². The second-order valence-corrected chi connectivity index (χ2v) is 10.1. The Kier molecular flexibility index (Phi) is 5.86. The van der Waals surface area contributed by atoms with Gasteiger partial charge in [0.2, 0.25) is 0 Å². The fraction of sp³-hybridized carbons (Fsp3) is 0.696. The molecule has 1 aliphatic heterocycles. The number of aliphatic hydroxyl groups excluding tert-OH is 1. The van der Waals surface area contributed by atoms with E-state index < -0.39 is 0 Å². The fourth-order valence-corrected chi connectivity index (χ4v) is 4.95. The third-order valence-corrected chi connectivity index (χ3v) is 6.46. The van der Waals surface area contributed by atoms with Crippen molar-refractivity contribution in [2.45, 2.75) is 77.2 Å². The molecule has 0 radical (unpaired) electrons. The summed E-state index contributed by atoms with van der Waals surface area (Å²) in [6.07, 6.45) is 5.26. The van der Waals surface area contributed by atoms with Crippen LogP contribution in [0.1, 0.15) is 74.9 Å². The molecule has 0 bridgehead atoms. The number of piperidine rings is 1. The molecule has 7 heteroatoms. The number of nitrogens with one attached hydrogen (secondary N) is 2. The predicted molar refractivity (Wildman–Crippen MR) is 119 cm³/mol. The van der Waals surface area contributed by atoms with Crippen molar-refractivity contribution in [1.29, 1.82) is 0 Å². The van der Waals surface area contributed by atoms with Crippen molar-refractivity contribution < 1.29 is 5.11 Å². The number of aryl methyl sites for hydroxylation is 1. The van der Waals surface area contributed by atoms with Crippen LogP contribution < -0.4 is 5.32 Å². The standard InChI is InChI=1S/C23H36N6O/c1-16-13-17(28-27-16)14-29-11-5-8-23(15-29)9-7-18-19(23)25-21(22(2,3)4)26-20(18)24-10-6-12-30/h13,30H,5-12,14-15H2,1-4H3,(H,27,28)(H,24,25,26). The first-order valence-corrected chi connectivity index (χ1v) is 11.3. The Balaban J connectivity index is 1.64. The number of rotatable bonds is 6. The highest BCUT2D eigenvalue weighted by molar-refractivity contribution is 5.53. The van der Waals surface area contributed by atoms with E-state index in [-0.39, 0.29) is 17.4 Å². The molecule has 2 aromatic heterocycles. The zero-order chi connectivity index (χ0) is 21.4. The molecule has 7 nitrogen and oxygen atoms in total. The minimum atomic E-state index is -0.104. The number of aromatic nitrogens is 4. The molecule has 2 aromatic rings. The van der Waals surface area contributed by atoms with Gasteiger partial charge in [0.15, 0.2) is 0 Å². The Morgan fingerprint density at radius 3 is 2.80 bits per heavy atom. The predicted octanol–water partition coefficient (Wildman–Crippen LogP) is 3.08. The quantitative estimate of drug-likeness (QED) is 0.632. The molecule has 3 heterocycles. The molecule has 3 N–H and O–H groups in total. The van der Waals surface area contributed by atoms with E-state index in [2.05, 4.69) is 54.2 Å². The molecule has 1 aliphatic carbocycles. The number of aliphatic hydroxyl groups is 1. The van der Waals surface area contributed by atoms with Crippen molar-refractivity contribution in [1.82, 2.24) is 25.1 Å². The number of aromatic amines is 1. The number of fused-ring (bicyclic) bond motifs is 2. The second kappa shape index (κ2) is 8.27. The van der Waals surface area contributed by atoms with Gasteiger partial charge in [0.05, 0.1) is 11.4 Å². The monoisotopic (exact) mass is 412 g/mol. The summed E-state index contributed by atoms with van der Waals surface area (Å²) >= 11 is 0. The smallest absolute Gasteiger partial charge is 0.136 e. The maximum absolute atomic E-state index is 9.19. The van der Waals surface area contributed by atoms with Crippen LogP contribution >= 0.6 is 0 Å². The average Bonchev–Trinajstić information content (AvgIpc) is 3.25. The highest BCUT2D eigenvalue weighted by atomic mass is 16.3. The van der Waals surface area contributed by atoms with E-state index in [1.54, 1.807) is 0 Å². The third-order valence-electron chi connectivity index (χ3n) is 6.46. The molecule has 0 aromatic carbocycles. The van der Waals surface area contributed by atoms with Crippen LogP contribution in [0.3, 0.4) is 0 Å². The zero-order valence-corrected chi connectivity index (χ0v) is 18.9. The largest absolute Gasteiger partial charge is 0.396 e. The first-order valence-electron chi connectivity index (χ1n) is 11.3. The van der Waals surface area contributed by atoms with Crippen LogP contribution in [0, 0.1) is 6.92 Å². The van der Waals surface area contributed by atoms with Crippen molar-refractivity contribution in [3.05, 3.63) is 34.5 Å². The minimum Gasteiger partial charge on any atom is -0.396 e. The molecule has 0 saturated carbocycles. The van der Waals surface area contributed by atoms with E-state index in [0.717, 1.165) is 68.5 Å². The van der Waals surface area contributed by atoms with Gasteiger partial charge in [-0.3, -0.25) is 10.00 Å². The Labute approximate surface area is 179 Å². The summed E-state index contributed by atoms with van der Waals surface area (Å²) in [6, 6.07) is 2.15. The summed E-state index contributed by atoms with van der Waals surface area (Å²) in [5, 5.41) is 20.2. The van der Waals surface area contributed by atoms with Gasteiger partial charge in [-0.05, 0) is 51.6 Å². The Morgan fingerprint density at radius 1 is 1.27 bits per heavy atom. The van der Waals surface area contributed by atoms with Crippen LogP contribution in [0.25, 0.3) is 0 Å². The molecular formula is C23H36N6O. The third kappa shape index (κ3) is 4.23. The summed E-state index contributed by atoms with van der Waals surface area (Å²) in [5.74, 6) is 1.89. The Bertz CT molecular complexity index is 886. The van der Waals surface area contributed by atoms with Gasteiger partial charge < -0.3 is 10.4 Å². The summed E-state index contributed by atoms with van der Waals surface area (Å²) in [5.41, 5.74) is 4.79. The highest BCUT2D eigenvalue weighted by Gasteiger charge is 2.45. The lowest BCUT2D eigenvalue weighted by Crippen LogP contribution is -2.45. The molecule has 30 heavy (non-hydrogen) atoms. The van der Waals surface area contributed by atoms with Gasteiger partial charge in [0.1, 0.15) is 11.6 Å². The van der Waals surface area contributed by atoms with Gasteiger partial charge in [-0.1, -0.05) is 20.8 Å². The Hall–Kier alpha value is -1.99. The van der Waals surface area contributed by atoms with Gasteiger partial charge in [-0.15, -0.1) is 0 Å². The minimum absolute atomic E-state index is 0.104. The van der Waals surface area contributed by atoms with Crippen LogP contribution in [0.15, 0.2) is 6.07 Å².